The highest BCUT2D eigenvalue weighted by atomic mass is 19.1. The van der Waals surface area contributed by atoms with Crippen LogP contribution in [0.2, 0.25) is 0 Å². The summed E-state index contributed by atoms with van der Waals surface area (Å²) in [6, 6.07) is 11.3. The van der Waals surface area contributed by atoms with Crippen LogP contribution in [-0.4, -0.2) is 19.0 Å². The highest BCUT2D eigenvalue weighted by Crippen LogP contribution is 2.30. The van der Waals surface area contributed by atoms with Crippen molar-refractivity contribution >= 4 is 11.9 Å². The molecule has 0 amide bonds. The minimum atomic E-state index is -0.358. The van der Waals surface area contributed by atoms with Gasteiger partial charge in [-0.2, -0.15) is 0 Å². The van der Waals surface area contributed by atoms with E-state index in [2.05, 4.69) is 0 Å². The lowest BCUT2D eigenvalue weighted by molar-refractivity contribution is 0.104. The van der Waals surface area contributed by atoms with E-state index in [1.807, 2.05) is 0 Å². The fraction of sp³-hybridized carbons (Fsp3) is 0.118. The van der Waals surface area contributed by atoms with Crippen molar-refractivity contribution in [2.45, 2.75) is 0 Å². The summed E-state index contributed by atoms with van der Waals surface area (Å²) in [5.41, 5.74) is 0.857. The van der Waals surface area contributed by atoms with E-state index in [1.165, 1.54) is 18.2 Å². The molecule has 0 N–H and O–H groups in total. The predicted molar refractivity (Wildman–Crippen MR) is 77.2 cm³/mol. The van der Waals surface area contributed by atoms with Crippen LogP contribution in [0.3, 0.4) is 0 Å². The third kappa shape index (κ3) is 2.94. The molecular formula is C17H13FO3. The number of carbonyl (C=O) groups is 1. The molecule has 0 bridgehead atoms. The van der Waals surface area contributed by atoms with Crippen molar-refractivity contribution in [3.8, 4) is 11.5 Å². The molecule has 3 nitrogen and oxygen atoms in total. The lowest BCUT2D eigenvalue weighted by atomic mass is 10.1. The SMILES string of the molecule is O=C(C=Cc1ccccc1F)c1ccc2c(c1)OCCO2. The van der Waals surface area contributed by atoms with Gasteiger partial charge in [-0.1, -0.05) is 18.2 Å². The van der Waals surface area contributed by atoms with Gasteiger partial charge in [0.1, 0.15) is 19.0 Å². The normalized spacial score (nSPS) is 13.4. The molecule has 0 aliphatic carbocycles. The van der Waals surface area contributed by atoms with Crippen molar-refractivity contribution in [3.05, 3.63) is 65.5 Å². The fourth-order valence-electron chi connectivity index (χ4n) is 2.07. The van der Waals surface area contributed by atoms with Gasteiger partial charge in [-0.15, -0.1) is 0 Å². The van der Waals surface area contributed by atoms with Crippen LogP contribution in [0.5, 0.6) is 11.5 Å². The van der Waals surface area contributed by atoms with E-state index >= 15 is 0 Å². The average Bonchev–Trinajstić information content (AvgIpc) is 2.53. The first kappa shape index (κ1) is 13.4. The fourth-order valence-corrected chi connectivity index (χ4v) is 2.07. The van der Waals surface area contributed by atoms with Crippen molar-refractivity contribution in [1.29, 1.82) is 0 Å². The molecular weight excluding hydrogens is 271 g/mol. The number of fused-ring (bicyclic) bond motifs is 1. The minimum Gasteiger partial charge on any atom is -0.486 e. The van der Waals surface area contributed by atoms with E-state index < -0.39 is 0 Å². The zero-order chi connectivity index (χ0) is 14.7. The first-order valence-electron chi connectivity index (χ1n) is 6.60. The summed E-state index contributed by atoms with van der Waals surface area (Å²) in [5.74, 6) is 0.626. The van der Waals surface area contributed by atoms with Gasteiger partial charge in [-0.05, 0) is 36.4 Å². The second-order valence-electron chi connectivity index (χ2n) is 4.58. The summed E-state index contributed by atoms with van der Waals surface area (Å²) in [6.07, 6.45) is 2.82. The summed E-state index contributed by atoms with van der Waals surface area (Å²) < 4.78 is 24.3. The number of hydrogen-bond donors (Lipinski definition) is 0. The van der Waals surface area contributed by atoms with E-state index in [4.69, 9.17) is 9.47 Å². The average molecular weight is 284 g/mol. The maximum Gasteiger partial charge on any atom is 0.185 e. The van der Waals surface area contributed by atoms with Gasteiger partial charge in [-0.3, -0.25) is 4.79 Å². The Kier molecular flexibility index (Phi) is 3.69. The van der Waals surface area contributed by atoms with Crippen LogP contribution < -0.4 is 9.47 Å². The molecule has 0 fully saturated rings. The van der Waals surface area contributed by atoms with Crippen molar-refractivity contribution in [2.24, 2.45) is 0 Å². The number of ether oxygens (including phenoxy) is 2. The van der Waals surface area contributed by atoms with Crippen LogP contribution in [0.4, 0.5) is 4.39 Å². The number of ketones is 1. The van der Waals surface area contributed by atoms with Gasteiger partial charge in [0.25, 0.3) is 0 Å². The standard InChI is InChI=1S/C17H13FO3/c18-14-4-2-1-3-12(14)5-7-15(19)13-6-8-16-17(11-13)21-10-9-20-16/h1-8,11H,9-10H2. The molecule has 0 spiro atoms. The van der Waals surface area contributed by atoms with Crippen LogP contribution in [0, 0.1) is 5.82 Å². The molecule has 2 aromatic rings. The third-order valence-corrected chi connectivity index (χ3v) is 3.15. The van der Waals surface area contributed by atoms with Gasteiger partial charge in [0.05, 0.1) is 0 Å². The molecule has 106 valence electrons. The van der Waals surface area contributed by atoms with Crippen LogP contribution in [0.25, 0.3) is 6.08 Å². The summed E-state index contributed by atoms with van der Waals surface area (Å²) in [5, 5.41) is 0. The lowest BCUT2D eigenvalue weighted by Crippen LogP contribution is -2.15. The molecule has 3 rings (SSSR count). The molecule has 4 heteroatoms. The Balaban J connectivity index is 1.81. The van der Waals surface area contributed by atoms with Crippen molar-refractivity contribution in [3.63, 3.8) is 0 Å². The smallest absolute Gasteiger partial charge is 0.185 e. The first-order chi connectivity index (χ1) is 10.2. The predicted octanol–water partition coefficient (Wildman–Crippen LogP) is 3.49. The van der Waals surface area contributed by atoms with Gasteiger partial charge in [0, 0.05) is 11.1 Å². The molecule has 2 aromatic carbocycles. The number of hydrogen-bond acceptors (Lipinski definition) is 3. The molecule has 0 saturated carbocycles. The molecule has 0 unspecified atom stereocenters. The summed E-state index contributed by atoms with van der Waals surface area (Å²) in [7, 11) is 0. The summed E-state index contributed by atoms with van der Waals surface area (Å²) in [6.45, 7) is 0.975. The highest BCUT2D eigenvalue weighted by Gasteiger charge is 2.13. The highest BCUT2D eigenvalue weighted by molar-refractivity contribution is 6.07. The van der Waals surface area contributed by atoms with Crippen LogP contribution in [0.15, 0.2) is 48.5 Å². The molecule has 1 heterocycles. The summed E-state index contributed by atoms with van der Waals surface area (Å²) >= 11 is 0. The Bertz CT molecular complexity index is 707. The quantitative estimate of drug-likeness (QED) is 0.639. The molecule has 0 saturated heterocycles. The maximum atomic E-state index is 13.5. The third-order valence-electron chi connectivity index (χ3n) is 3.15. The Morgan fingerprint density at radius 3 is 2.62 bits per heavy atom. The molecule has 21 heavy (non-hydrogen) atoms. The van der Waals surface area contributed by atoms with Gasteiger partial charge < -0.3 is 9.47 Å². The van der Waals surface area contributed by atoms with Gasteiger partial charge in [0.15, 0.2) is 17.3 Å². The zero-order valence-corrected chi connectivity index (χ0v) is 11.2. The Labute approximate surface area is 121 Å². The lowest BCUT2D eigenvalue weighted by Gasteiger charge is -2.18. The van der Waals surface area contributed by atoms with E-state index in [1.54, 1.807) is 36.4 Å². The first-order valence-corrected chi connectivity index (χ1v) is 6.60. The Morgan fingerprint density at radius 1 is 1.05 bits per heavy atom. The number of rotatable bonds is 3. The molecule has 1 aliphatic rings. The number of carbonyl (C=O) groups excluding carboxylic acids is 1. The van der Waals surface area contributed by atoms with Gasteiger partial charge in [0.2, 0.25) is 0 Å². The Morgan fingerprint density at radius 2 is 1.81 bits per heavy atom. The van der Waals surface area contributed by atoms with Crippen molar-refractivity contribution in [1.82, 2.24) is 0 Å². The van der Waals surface area contributed by atoms with Crippen molar-refractivity contribution in [2.75, 3.05) is 13.2 Å². The van der Waals surface area contributed by atoms with E-state index in [-0.39, 0.29) is 11.6 Å². The minimum absolute atomic E-state index is 0.213. The van der Waals surface area contributed by atoms with Gasteiger partial charge >= 0.3 is 0 Å². The Hall–Kier alpha value is -2.62. The van der Waals surface area contributed by atoms with Crippen LogP contribution in [-0.2, 0) is 0 Å². The second-order valence-corrected chi connectivity index (χ2v) is 4.58. The molecule has 0 aromatic heterocycles. The number of benzene rings is 2. The number of halogens is 1. The maximum absolute atomic E-state index is 13.5. The van der Waals surface area contributed by atoms with Crippen molar-refractivity contribution < 1.29 is 18.7 Å². The van der Waals surface area contributed by atoms with E-state index in [9.17, 15) is 9.18 Å². The van der Waals surface area contributed by atoms with Crippen LogP contribution in [0.1, 0.15) is 15.9 Å². The topological polar surface area (TPSA) is 35.5 Å². The largest absolute Gasteiger partial charge is 0.486 e. The van der Waals surface area contributed by atoms with E-state index in [0.29, 0.717) is 35.8 Å². The van der Waals surface area contributed by atoms with Crippen LogP contribution >= 0.6 is 0 Å². The van der Waals surface area contributed by atoms with Gasteiger partial charge in [-0.25, -0.2) is 4.39 Å². The van der Waals surface area contributed by atoms with E-state index in [0.717, 1.165) is 0 Å². The monoisotopic (exact) mass is 284 g/mol. The molecule has 0 atom stereocenters. The molecule has 1 aliphatic heterocycles. The second kappa shape index (κ2) is 5.79. The zero-order valence-electron chi connectivity index (χ0n) is 11.2. The summed E-state index contributed by atoms with van der Waals surface area (Å²) in [4.78, 5) is 12.1. The number of allylic oxidation sites excluding steroid dienone is 1. The molecule has 0 radical (unpaired) electrons.